The minimum absolute atomic E-state index is 0.794. The highest BCUT2D eigenvalue weighted by Crippen LogP contribution is 2.40. The molecular weight excluding hydrogens is 436 g/mol. The molecule has 0 bridgehead atoms. The van der Waals surface area contributed by atoms with Crippen molar-refractivity contribution in [2.45, 2.75) is 40.5 Å². The van der Waals surface area contributed by atoms with E-state index in [0.717, 1.165) is 65.1 Å². The van der Waals surface area contributed by atoms with Gasteiger partial charge in [0.15, 0.2) is 0 Å². The van der Waals surface area contributed by atoms with Crippen LogP contribution < -0.4 is 0 Å². The molecule has 0 N–H and O–H groups in total. The van der Waals surface area contributed by atoms with Crippen molar-refractivity contribution in [2.75, 3.05) is 0 Å². The SMILES string of the molecule is [2H]C(C)(C)c1cc(-c2cccc3c2oc2cc4nc(C)sc4cc23)ncc1-c1c(C)cccc1C. The Balaban J connectivity index is 1.59. The summed E-state index contributed by atoms with van der Waals surface area (Å²) in [5.74, 6) is -0.794. The van der Waals surface area contributed by atoms with Crippen LogP contribution in [-0.2, 0) is 0 Å². The Labute approximate surface area is 204 Å². The van der Waals surface area contributed by atoms with Crippen molar-refractivity contribution in [3.05, 3.63) is 82.5 Å². The molecule has 34 heavy (non-hydrogen) atoms. The zero-order valence-corrected chi connectivity index (χ0v) is 20.8. The monoisotopic (exact) mass is 463 g/mol. The number of hydrogen-bond donors (Lipinski definition) is 0. The lowest BCUT2D eigenvalue weighted by Gasteiger charge is -2.18. The van der Waals surface area contributed by atoms with Crippen LogP contribution >= 0.6 is 11.3 Å². The third-order valence-corrected chi connectivity index (χ3v) is 7.52. The van der Waals surface area contributed by atoms with E-state index in [1.165, 1.54) is 11.1 Å². The fraction of sp³-hybridized carbons (Fsp3) is 0.200. The van der Waals surface area contributed by atoms with Crippen LogP contribution in [0.15, 0.2) is 65.2 Å². The van der Waals surface area contributed by atoms with Gasteiger partial charge in [-0.3, -0.25) is 4.98 Å². The molecule has 3 heterocycles. The number of aryl methyl sites for hydroxylation is 3. The molecule has 3 aromatic heterocycles. The first kappa shape index (κ1) is 19.9. The molecule has 168 valence electrons. The van der Waals surface area contributed by atoms with Crippen molar-refractivity contribution in [1.29, 1.82) is 0 Å². The summed E-state index contributed by atoms with van der Waals surface area (Å²) >= 11 is 1.70. The fourth-order valence-corrected chi connectivity index (χ4v) is 5.84. The molecular formula is C30H26N2OS. The average Bonchev–Trinajstić information content (AvgIpc) is 3.35. The number of pyridine rings is 1. The summed E-state index contributed by atoms with van der Waals surface area (Å²) in [6, 6.07) is 18.8. The van der Waals surface area contributed by atoms with Gasteiger partial charge in [0, 0.05) is 35.5 Å². The van der Waals surface area contributed by atoms with Crippen LogP contribution in [0.2, 0.25) is 0 Å². The summed E-state index contributed by atoms with van der Waals surface area (Å²) in [5.41, 5.74) is 9.87. The Bertz CT molecular complexity index is 1750. The molecule has 0 fully saturated rings. The second-order valence-electron chi connectivity index (χ2n) is 9.22. The normalized spacial score (nSPS) is 12.7. The molecule has 0 spiro atoms. The maximum absolute atomic E-state index is 8.94. The largest absolute Gasteiger partial charge is 0.455 e. The van der Waals surface area contributed by atoms with Crippen LogP contribution in [0.1, 0.15) is 42.8 Å². The second-order valence-corrected chi connectivity index (χ2v) is 10.5. The van der Waals surface area contributed by atoms with Crippen LogP contribution in [0.5, 0.6) is 0 Å². The summed E-state index contributed by atoms with van der Waals surface area (Å²) in [7, 11) is 0. The van der Waals surface area contributed by atoms with Gasteiger partial charge in [0.2, 0.25) is 0 Å². The van der Waals surface area contributed by atoms with Gasteiger partial charge in [-0.05, 0) is 67.1 Å². The third-order valence-electron chi connectivity index (χ3n) is 6.58. The summed E-state index contributed by atoms with van der Waals surface area (Å²) in [6.45, 7) is 10.1. The summed E-state index contributed by atoms with van der Waals surface area (Å²) in [5, 5.41) is 3.21. The number of benzene rings is 3. The third kappa shape index (κ3) is 3.24. The van der Waals surface area contributed by atoms with Gasteiger partial charge in [0.05, 0.1) is 20.9 Å². The molecule has 0 saturated carbocycles. The molecule has 0 aliphatic carbocycles. The predicted octanol–water partition coefficient (Wildman–Crippen LogP) is 8.97. The quantitative estimate of drug-likeness (QED) is 0.263. The molecule has 3 aromatic carbocycles. The van der Waals surface area contributed by atoms with E-state index in [9.17, 15) is 0 Å². The minimum atomic E-state index is -0.794. The molecule has 0 aliphatic rings. The smallest absolute Gasteiger partial charge is 0.144 e. The Hall–Kier alpha value is -3.50. The lowest BCUT2D eigenvalue weighted by atomic mass is 9.88. The maximum Gasteiger partial charge on any atom is 0.144 e. The van der Waals surface area contributed by atoms with Crippen LogP contribution in [0.4, 0.5) is 0 Å². The zero-order chi connectivity index (χ0) is 24.5. The van der Waals surface area contributed by atoms with Crippen LogP contribution in [-0.4, -0.2) is 9.97 Å². The van der Waals surface area contributed by atoms with Crippen LogP contribution in [0.25, 0.3) is 54.5 Å². The summed E-state index contributed by atoms with van der Waals surface area (Å²) < 4.78 is 16.5. The van der Waals surface area contributed by atoms with E-state index < -0.39 is 5.89 Å². The van der Waals surface area contributed by atoms with Gasteiger partial charge in [0.1, 0.15) is 11.2 Å². The van der Waals surface area contributed by atoms with Gasteiger partial charge in [-0.25, -0.2) is 4.98 Å². The number of furan rings is 1. The Morgan fingerprint density at radius 1 is 0.912 bits per heavy atom. The predicted molar refractivity (Wildman–Crippen MR) is 144 cm³/mol. The van der Waals surface area contributed by atoms with Gasteiger partial charge in [-0.1, -0.05) is 44.2 Å². The van der Waals surface area contributed by atoms with E-state index in [4.69, 9.17) is 10.8 Å². The molecule has 0 unspecified atom stereocenters. The van der Waals surface area contributed by atoms with Crippen molar-refractivity contribution >= 4 is 43.5 Å². The summed E-state index contributed by atoms with van der Waals surface area (Å²) in [6.07, 6.45) is 1.93. The van der Waals surface area contributed by atoms with Crippen molar-refractivity contribution in [1.82, 2.24) is 9.97 Å². The van der Waals surface area contributed by atoms with Gasteiger partial charge < -0.3 is 4.42 Å². The van der Waals surface area contributed by atoms with Crippen LogP contribution in [0, 0.1) is 20.8 Å². The number of para-hydroxylation sites is 1. The molecule has 6 rings (SSSR count). The first-order valence-electron chi connectivity index (χ1n) is 12.0. The number of thiazole rings is 1. The fourth-order valence-electron chi connectivity index (χ4n) is 4.99. The van der Waals surface area contributed by atoms with E-state index in [-0.39, 0.29) is 0 Å². The van der Waals surface area contributed by atoms with Crippen molar-refractivity contribution in [3.63, 3.8) is 0 Å². The van der Waals surface area contributed by atoms with Gasteiger partial charge >= 0.3 is 0 Å². The van der Waals surface area contributed by atoms with Crippen molar-refractivity contribution in [2.24, 2.45) is 0 Å². The topological polar surface area (TPSA) is 38.9 Å². The Morgan fingerprint density at radius 2 is 1.68 bits per heavy atom. The van der Waals surface area contributed by atoms with E-state index in [1.54, 1.807) is 11.3 Å². The molecule has 4 heteroatoms. The number of nitrogens with zero attached hydrogens (tertiary/aromatic N) is 2. The molecule has 0 radical (unpaired) electrons. The molecule has 0 amide bonds. The van der Waals surface area contributed by atoms with Crippen LogP contribution in [0.3, 0.4) is 0 Å². The van der Waals surface area contributed by atoms with E-state index in [2.05, 4.69) is 67.4 Å². The molecule has 6 aromatic rings. The lowest BCUT2D eigenvalue weighted by molar-refractivity contribution is 0.670. The minimum Gasteiger partial charge on any atom is -0.455 e. The van der Waals surface area contributed by atoms with E-state index in [1.807, 2.05) is 33.0 Å². The highest BCUT2D eigenvalue weighted by molar-refractivity contribution is 7.18. The molecule has 0 saturated heterocycles. The summed E-state index contributed by atoms with van der Waals surface area (Å²) in [4.78, 5) is 9.54. The van der Waals surface area contributed by atoms with Gasteiger partial charge in [0.25, 0.3) is 0 Å². The van der Waals surface area contributed by atoms with Gasteiger partial charge in [-0.2, -0.15) is 0 Å². The number of rotatable bonds is 3. The number of fused-ring (bicyclic) bond motifs is 4. The molecule has 0 aliphatic heterocycles. The van der Waals surface area contributed by atoms with Crippen molar-refractivity contribution in [3.8, 4) is 22.4 Å². The zero-order valence-electron chi connectivity index (χ0n) is 21.0. The highest BCUT2D eigenvalue weighted by atomic mass is 32.1. The van der Waals surface area contributed by atoms with E-state index >= 15 is 0 Å². The van der Waals surface area contributed by atoms with Gasteiger partial charge in [-0.15, -0.1) is 11.3 Å². The lowest BCUT2D eigenvalue weighted by Crippen LogP contribution is -1.99. The van der Waals surface area contributed by atoms with Crippen molar-refractivity contribution < 1.29 is 5.79 Å². The molecule has 0 atom stereocenters. The standard InChI is InChI=1S/C30H26N2OS/c1-16(2)22-12-25(31-15-24(22)29-17(3)8-6-9-18(29)4)21-11-7-10-20-23-13-28-26(32-19(5)34-28)14-27(23)33-30(20)21/h6-16H,1-5H3/i16D. The second kappa shape index (κ2) is 7.78. The maximum atomic E-state index is 8.94. The van der Waals surface area contributed by atoms with E-state index in [0.29, 0.717) is 0 Å². The Kier molecular flexibility index (Phi) is 4.56. The Morgan fingerprint density at radius 3 is 2.44 bits per heavy atom. The first-order valence-corrected chi connectivity index (χ1v) is 12.3. The first-order chi connectivity index (χ1) is 16.7. The average molecular weight is 464 g/mol. The number of aromatic nitrogens is 2. The molecule has 3 nitrogen and oxygen atoms in total. The highest BCUT2D eigenvalue weighted by Gasteiger charge is 2.18. The number of hydrogen-bond acceptors (Lipinski definition) is 4.